The summed E-state index contributed by atoms with van der Waals surface area (Å²) in [6.07, 6.45) is -1.27. The molecule has 0 radical (unpaired) electrons. The van der Waals surface area contributed by atoms with Crippen LogP contribution in [-0.4, -0.2) is 55.0 Å². The van der Waals surface area contributed by atoms with Gasteiger partial charge >= 0.3 is 12.1 Å². The fourth-order valence-corrected chi connectivity index (χ4v) is 3.84. The molecule has 0 aliphatic heterocycles. The number of hydrogen-bond donors (Lipinski definition) is 3. The molecule has 0 fully saturated rings. The Morgan fingerprint density at radius 1 is 1.03 bits per heavy atom. The Bertz CT molecular complexity index is 931. The van der Waals surface area contributed by atoms with Crippen LogP contribution in [0.3, 0.4) is 0 Å². The molecule has 0 heterocycles. The highest BCUT2D eigenvalue weighted by Crippen LogP contribution is 2.44. The monoisotopic (exact) mass is 440 g/mol. The minimum absolute atomic E-state index is 0.0425. The van der Waals surface area contributed by atoms with Crippen LogP contribution >= 0.6 is 0 Å². The van der Waals surface area contributed by atoms with E-state index in [1.807, 2.05) is 36.4 Å². The number of carbonyl (C=O) groups is 3. The number of benzene rings is 2. The zero-order valence-corrected chi connectivity index (χ0v) is 18.2. The quantitative estimate of drug-likeness (QED) is 0.524. The van der Waals surface area contributed by atoms with Crippen molar-refractivity contribution >= 4 is 18.0 Å². The van der Waals surface area contributed by atoms with Crippen molar-refractivity contribution < 1.29 is 29.0 Å². The summed E-state index contributed by atoms with van der Waals surface area (Å²) in [5, 5.41) is 13.9. The minimum atomic E-state index is -1.12. The van der Waals surface area contributed by atoms with Crippen molar-refractivity contribution in [1.82, 2.24) is 10.6 Å². The van der Waals surface area contributed by atoms with Gasteiger partial charge in [0.05, 0.1) is 12.5 Å². The molecule has 0 saturated heterocycles. The molecule has 8 heteroatoms. The zero-order chi connectivity index (χ0) is 23.1. The predicted octanol–water partition coefficient (Wildman–Crippen LogP) is 2.91. The third-order valence-electron chi connectivity index (χ3n) is 5.38. The van der Waals surface area contributed by atoms with Crippen LogP contribution in [0.15, 0.2) is 48.5 Å². The lowest BCUT2D eigenvalue weighted by Crippen LogP contribution is -2.42. The Hall–Kier alpha value is -3.39. The van der Waals surface area contributed by atoms with Crippen LogP contribution in [0.1, 0.15) is 37.3 Å². The lowest BCUT2D eigenvalue weighted by atomic mass is 9.98. The van der Waals surface area contributed by atoms with Crippen molar-refractivity contribution in [3.63, 3.8) is 0 Å². The minimum Gasteiger partial charge on any atom is -0.480 e. The Labute approximate surface area is 186 Å². The van der Waals surface area contributed by atoms with Gasteiger partial charge in [0.2, 0.25) is 5.91 Å². The maximum absolute atomic E-state index is 12.3. The van der Waals surface area contributed by atoms with Gasteiger partial charge < -0.3 is 25.2 Å². The van der Waals surface area contributed by atoms with E-state index in [1.54, 1.807) is 6.92 Å². The Morgan fingerprint density at radius 2 is 1.62 bits per heavy atom. The highest BCUT2D eigenvalue weighted by atomic mass is 16.5. The summed E-state index contributed by atoms with van der Waals surface area (Å²) in [5.41, 5.74) is 4.54. The van der Waals surface area contributed by atoms with Crippen molar-refractivity contribution in [3.8, 4) is 11.1 Å². The van der Waals surface area contributed by atoms with Gasteiger partial charge in [-0.15, -0.1) is 0 Å². The second-order valence-corrected chi connectivity index (χ2v) is 7.62. The Kier molecular flexibility index (Phi) is 7.83. The second kappa shape index (κ2) is 10.8. The summed E-state index contributed by atoms with van der Waals surface area (Å²) in [5.74, 6) is -1.63. The molecule has 0 aromatic heterocycles. The molecule has 1 aliphatic carbocycles. The van der Waals surface area contributed by atoms with Gasteiger partial charge in [0, 0.05) is 19.1 Å². The van der Waals surface area contributed by atoms with Crippen LogP contribution in [0, 0.1) is 0 Å². The normalized spacial score (nSPS) is 14.1. The molecule has 170 valence electrons. The third kappa shape index (κ3) is 5.64. The molecule has 2 aromatic carbocycles. The molecule has 0 spiro atoms. The van der Waals surface area contributed by atoms with Gasteiger partial charge in [-0.25, -0.2) is 4.79 Å². The number of carbonyl (C=O) groups excluding carboxylic acids is 2. The van der Waals surface area contributed by atoms with Crippen molar-refractivity contribution in [3.05, 3.63) is 59.7 Å². The first-order valence-corrected chi connectivity index (χ1v) is 10.6. The van der Waals surface area contributed by atoms with Crippen molar-refractivity contribution in [2.24, 2.45) is 0 Å². The van der Waals surface area contributed by atoms with E-state index in [1.165, 1.54) is 6.92 Å². The van der Waals surface area contributed by atoms with E-state index in [2.05, 4.69) is 22.8 Å². The fraction of sp³-hybridized carbons (Fsp3) is 0.375. The number of hydrogen-bond acceptors (Lipinski definition) is 5. The highest BCUT2D eigenvalue weighted by molar-refractivity contribution is 5.83. The first kappa shape index (κ1) is 23.3. The summed E-state index contributed by atoms with van der Waals surface area (Å²) in [6, 6.07) is 15.2. The van der Waals surface area contributed by atoms with Gasteiger partial charge in [0.15, 0.2) is 0 Å². The molecule has 3 rings (SSSR count). The topological polar surface area (TPSA) is 114 Å². The van der Waals surface area contributed by atoms with Gasteiger partial charge in [-0.3, -0.25) is 9.59 Å². The summed E-state index contributed by atoms with van der Waals surface area (Å²) in [6.45, 7) is 3.76. The smallest absolute Gasteiger partial charge is 0.407 e. The lowest BCUT2D eigenvalue weighted by Gasteiger charge is -2.19. The van der Waals surface area contributed by atoms with Gasteiger partial charge in [0.25, 0.3) is 0 Å². The average molecular weight is 440 g/mol. The summed E-state index contributed by atoms with van der Waals surface area (Å²) < 4.78 is 11.0. The lowest BCUT2D eigenvalue weighted by molar-refractivity contribution is -0.141. The average Bonchev–Trinajstić information content (AvgIpc) is 3.10. The van der Waals surface area contributed by atoms with Crippen LogP contribution in [0.4, 0.5) is 4.79 Å². The number of ether oxygens (including phenoxy) is 2. The maximum atomic E-state index is 12.3. The molecule has 2 atom stereocenters. The van der Waals surface area contributed by atoms with E-state index in [9.17, 15) is 14.4 Å². The molecule has 0 saturated carbocycles. The first-order chi connectivity index (χ1) is 15.4. The molecule has 3 N–H and O–H groups in total. The van der Waals surface area contributed by atoms with E-state index in [-0.39, 0.29) is 25.5 Å². The Balaban J connectivity index is 1.53. The first-order valence-electron chi connectivity index (χ1n) is 10.6. The predicted molar refractivity (Wildman–Crippen MR) is 118 cm³/mol. The van der Waals surface area contributed by atoms with E-state index >= 15 is 0 Å². The van der Waals surface area contributed by atoms with E-state index in [0.717, 1.165) is 22.3 Å². The number of nitrogens with one attached hydrogen (secondary N) is 2. The number of alkyl carbamates (subject to hydrolysis) is 1. The van der Waals surface area contributed by atoms with E-state index in [0.29, 0.717) is 6.61 Å². The van der Waals surface area contributed by atoms with E-state index < -0.39 is 30.1 Å². The third-order valence-corrected chi connectivity index (χ3v) is 5.38. The molecule has 2 aromatic rings. The molecular weight excluding hydrogens is 412 g/mol. The van der Waals surface area contributed by atoms with Crippen LogP contribution < -0.4 is 10.6 Å². The SMILES string of the molecule is CCOC(CNC(=O)OCC1c2ccccc2-c2ccccc21)CC(=O)N[C@@H](C)C(=O)O. The van der Waals surface area contributed by atoms with Crippen molar-refractivity contribution in [1.29, 1.82) is 0 Å². The molecule has 0 bridgehead atoms. The van der Waals surface area contributed by atoms with Gasteiger partial charge in [-0.2, -0.15) is 0 Å². The van der Waals surface area contributed by atoms with Crippen LogP contribution in [0.5, 0.6) is 0 Å². The maximum Gasteiger partial charge on any atom is 0.407 e. The molecule has 32 heavy (non-hydrogen) atoms. The summed E-state index contributed by atoms with van der Waals surface area (Å²) in [7, 11) is 0. The van der Waals surface area contributed by atoms with Gasteiger partial charge in [-0.1, -0.05) is 48.5 Å². The number of aliphatic carboxylic acids is 1. The molecule has 1 unspecified atom stereocenters. The number of fused-ring (bicyclic) bond motifs is 3. The van der Waals surface area contributed by atoms with Crippen LogP contribution in [-0.2, 0) is 19.1 Å². The zero-order valence-electron chi connectivity index (χ0n) is 18.2. The van der Waals surface area contributed by atoms with Crippen molar-refractivity contribution in [2.45, 2.75) is 38.3 Å². The number of rotatable bonds is 10. The summed E-state index contributed by atoms with van der Waals surface area (Å²) >= 11 is 0. The molecular formula is C24H28N2O6. The molecule has 8 nitrogen and oxygen atoms in total. The summed E-state index contributed by atoms with van der Waals surface area (Å²) in [4.78, 5) is 35.2. The van der Waals surface area contributed by atoms with Crippen LogP contribution in [0.2, 0.25) is 0 Å². The Morgan fingerprint density at radius 3 is 2.19 bits per heavy atom. The number of carboxylic acid groups (broad SMARTS) is 1. The van der Waals surface area contributed by atoms with Crippen molar-refractivity contribution in [2.75, 3.05) is 19.8 Å². The van der Waals surface area contributed by atoms with E-state index in [4.69, 9.17) is 14.6 Å². The standard InChI is InChI=1S/C24H28N2O6/c1-3-31-16(12-22(27)26-15(2)23(28)29)13-25-24(30)32-14-21-19-10-6-4-8-17(19)18-9-5-7-11-20(18)21/h4-11,15-16,21H,3,12-14H2,1-2H3,(H,25,30)(H,26,27)(H,28,29)/t15-,16?/m0/s1. The van der Waals surface area contributed by atoms with Gasteiger partial charge in [0.1, 0.15) is 12.6 Å². The fourth-order valence-electron chi connectivity index (χ4n) is 3.84. The second-order valence-electron chi connectivity index (χ2n) is 7.62. The molecule has 1 aliphatic rings. The van der Waals surface area contributed by atoms with Gasteiger partial charge in [-0.05, 0) is 36.1 Å². The highest BCUT2D eigenvalue weighted by Gasteiger charge is 2.29. The molecule has 2 amide bonds. The largest absolute Gasteiger partial charge is 0.480 e. The number of amides is 2. The number of carboxylic acids is 1. The van der Waals surface area contributed by atoms with Crippen LogP contribution in [0.25, 0.3) is 11.1 Å².